The van der Waals surface area contributed by atoms with E-state index in [0.717, 1.165) is 35.0 Å². The zero-order valence-electron chi connectivity index (χ0n) is 13.1. The predicted octanol–water partition coefficient (Wildman–Crippen LogP) is 1.84. The maximum Gasteiger partial charge on any atom is 0.291 e. The molecule has 0 spiro atoms. The molecule has 116 valence electrons. The molecular weight excluding hydrogens is 280 g/mol. The molecule has 0 fully saturated rings. The van der Waals surface area contributed by atoms with Crippen LogP contribution < -0.4 is 10.3 Å². The van der Waals surface area contributed by atoms with Gasteiger partial charge in [0.15, 0.2) is 0 Å². The third-order valence-electron chi connectivity index (χ3n) is 3.80. The van der Waals surface area contributed by atoms with Gasteiger partial charge in [0.25, 0.3) is 5.56 Å². The number of nitrogens with zero attached hydrogens (tertiary/aromatic N) is 3. The molecule has 0 aliphatic rings. The van der Waals surface area contributed by atoms with E-state index in [4.69, 9.17) is 4.74 Å². The lowest BCUT2D eigenvalue weighted by Gasteiger charge is -2.09. The van der Waals surface area contributed by atoms with Gasteiger partial charge >= 0.3 is 0 Å². The number of aromatic nitrogens is 3. The Labute approximate surface area is 128 Å². The van der Waals surface area contributed by atoms with Crippen LogP contribution in [0.1, 0.15) is 6.42 Å². The second kappa shape index (κ2) is 5.81. The van der Waals surface area contributed by atoms with Crippen molar-refractivity contribution in [3.8, 4) is 5.75 Å². The van der Waals surface area contributed by atoms with E-state index >= 15 is 0 Å². The number of fused-ring (bicyclic) bond motifs is 3. The number of H-pyrrole nitrogens is 1. The summed E-state index contributed by atoms with van der Waals surface area (Å²) in [7, 11) is 5.66. The van der Waals surface area contributed by atoms with Crippen molar-refractivity contribution in [3.05, 3.63) is 34.7 Å². The van der Waals surface area contributed by atoms with Gasteiger partial charge in [-0.1, -0.05) is 0 Å². The minimum atomic E-state index is -0.0774. The highest BCUT2D eigenvalue weighted by molar-refractivity contribution is 6.06. The van der Waals surface area contributed by atoms with Gasteiger partial charge in [-0.15, -0.1) is 0 Å². The summed E-state index contributed by atoms with van der Waals surface area (Å²) >= 11 is 0. The van der Waals surface area contributed by atoms with Crippen LogP contribution in [0.3, 0.4) is 0 Å². The molecule has 2 aromatic heterocycles. The molecule has 6 nitrogen and oxygen atoms in total. The van der Waals surface area contributed by atoms with E-state index in [1.165, 1.54) is 4.68 Å². The maximum absolute atomic E-state index is 12.6. The average Bonchev–Trinajstić information content (AvgIpc) is 2.87. The van der Waals surface area contributed by atoms with Crippen LogP contribution in [0, 0.1) is 0 Å². The Morgan fingerprint density at radius 3 is 2.86 bits per heavy atom. The number of aryl methyl sites for hydroxylation is 1. The third-order valence-corrected chi connectivity index (χ3v) is 3.80. The molecule has 0 amide bonds. The molecule has 3 aromatic rings. The summed E-state index contributed by atoms with van der Waals surface area (Å²) in [5, 5.41) is 6.14. The summed E-state index contributed by atoms with van der Waals surface area (Å²) in [5.41, 5.74) is 1.41. The molecule has 0 saturated heterocycles. The Morgan fingerprint density at radius 2 is 2.14 bits per heavy atom. The lowest BCUT2D eigenvalue weighted by molar-refractivity contribution is 0.378. The molecule has 0 saturated carbocycles. The van der Waals surface area contributed by atoms with Crippen LogP contribution in [0.5, 0.6) is 5.75 Å². The number of benzene rings is 1. The molecular formula is C16H20N4O2. The van der Waals surface area contributed by atoms with E-state index in [-0.39, 0.29) is 5.56 Å². The average molecular weight is 300 g/mol. The molecule has 3 rings (SSSR count). The van der Waals surface area contributed by atoms with E-state index in [9.17, 15) is 4.79 Å². The zero-order chi connectivity index (χ0) is 15.7. The summed E-state index contributed by atoms with van der Waals surface area (Å²) in [6.07, 6.45) is 2.65. The number of ether oxygens (including phenoxy) is 1. The molecule has 22 heavy (non-hydrogen) atoms. The van der Waals surface area contributed by atoms with E-state index in [0.29, 0.717) is 12.1 Å². The molecule has 0 atom stereocenters. The summed E-state index contributed by atoms with van der Waals surface area (Å²) in [6.45, 7) is 1.54. The van der Waals surface area contributed by atoms with Gasteiger partial charge in [-0.05, 0) is 39.2 Å². The van der Waals surface area contributed by atoms with E-state index in [1.807, 2.05) is 32.3 Å². The first-order chi connectivity index (χ1) is 10.6. The van der Waals surface area contributed by atoms with Crippen LogP contribution in [-0.2, 0) is 6.54 Å². The van der Waals surface area contributed by atoms with Crippen LogP contribution in [0.25, 0.3) is 21.8 Å². The first-order valence-electron chi connectivity index (χ1n) is 7.30. The fourth-order valence-electron chi connectivity index (χ4n) is 2.63. The van der Waals surface area contributed by atoms with Crippen molar-refractivity contribution in [2.75, 3.05) is 27.7 Å². The minimum absolute atomic E-state index is 0.0774. The highest BCUT2D eigenvalue weighted by Crippen LogP contribution is 2.26. The summed E-state index contributed by atoms with van der Waals surface area (Å²) in [4.78, 5) is 17.8. The fraction of sp³-hybridized carbons (Fsp3) is 0.375. The molecule has 0 unspecified atom stereocenters. The van der Waals surface area contributed by atoms with Crippen molar-refractivity contribution in [1.82, 2.24) is 19.7 Å². The van der Waals surface area contributed by atoms with Crippen molar-refractivity contribution in [2.24, 2.45) is 0 Å². The van der Waals surface area contributed by atoms with Gasteiger partial charge in [0.1, 0.15) is 11.3 Å². The van der Waals surface area contributed by atoms with Crippen LogP contribution in [0.4, 0.5) is 0 Å². The Balaban J connectivity index is 2.03. The molecule has 0 bridgehead atoms. The Hall–Kier alpha value is -2.34. The zero-order valence-corrected chi connectivity index (χ0v) is 13.1. The van der Waals surface area contributed by atoms with E-state index in [2.05, 4.69) is 15.0 Å². The lowest BCUT2D eigenvalue weighted by Crippen LogP contribution is -2.25. The van der Waals surface area contributed by atoms with E-state index in [1.54, 1.807) is 13.3 Å². The summed E-state index contributed by atoms with van der Waals surface area (Å²) < 4.78 is 6.75. The Kier molecular flexibility index (Phi) is 3.85. The number of hydrogen-bond acceptors (Lipinski definition) is 4. The Morgan fingerprint density at radius 1 is 1.32 bits per heavy atom. The van der Waals surface area contributed by atoms with Gasteiger partial charge in [-0.2, -0.15) is 5.10 Å². The Bertz CT molecular complexity index is 864. The number of hydrogen-bond donors (Lipinski definition) is 1. The molecule has 1 N–H and O–H groups in total. The summed E-state index contributed by atoms with van der Waals surface area (Å²) in [6, 6.07) is 5.73. The van der Waals surface area contributed by atoms with Gasteiger partial charge in [0.2, 0.25) is 0 Å². The van der Waals surface area contributed by atoms with Crippen LogP contribution in [-0.4, -0.2) is 47.4 Å². The number of rotatable bonds is 5. The predicted molar refractivity (Wildman–Crippen MR) is 87.6 cm³/mol. The number of aromatic amines is 1. The van der Waals surface area contributed by atoms with Gasteiger partial charge in [0, 0.05) is 23.4 Å². The molecule has 0 aliphatic carbocycles. The third kappa shape index (κ3) is 2.57. The van der Waals surface area contributed by atoms with Crippen molar-refractivity contribution >= 4 is 21.8 Å². The lowest BCUT2D eigenvalue weighted by atomic mass is 10.2. The van der Waals surface area contributed by atoms with Gasteiger partial charge in [-0.3, -0.25) is 4.79 Å². The van der Waals surface area contributed by atoms with Gasteiger partial charge < -0.3 is 14.6 Å². The standard InChI is InChI=1S/C16H20N4O2/c1-19(2)7-4-8-20-16(21)15-13(10-17-20)12-6-5-11(22-3)9-14(12)18-15/h5-6,9-10,18H,4,7-8H2,1-3H3. The monoisotopic (exact) mass is 300 g/mol. The molecule has 2 heterocycles. The number of nitrogens with one attached hydrogen (secondary N) is 1. The molecule has 0 radical (unpaired) electrons. The van der Waals surface area contributed by atoms with Crippen molar-refractivity contribution in [3.63, 3.8) is 0 Å². The molecule has 6 heteroatoms. The number of methoxy groups -OCH3 is 1. The second-order valence-electron chi connectivity index (χ2n) is 5.65. The first-order valence-corrected chi connectivity index (χ1v) is 7.30. The fourth-order valence-corrected chi connectivity index (χ4v) is 2.63. The smallest absolute Gasteiger partial charge is 0.291 e. The SMILES string of the molecule is COc1ccc2c(c1)[nH]c1c(=O)n(CCCN(C)C)ncc12. The second-order valence-corrected chi connectivity index (χ2v) is 5.65. The maximum atomic E-state index is 12.6. The van der Waals surface area contributed by atoms with Crippen molar-refractivity contribution in [2.45, 2.75) is 13.0 Å². The van der Waals surface area contributed by atoms with Crippen molar-refractivity contribution < 1.29 is 4.74 Å². The van der Waals surface area contributed by atoms with Crippen LogP contribution >= 0.6 is 0 Å². The largest absolute Gasteiger partial charge is 0.497 e. The normalized spacial score (nSPS) is 11.6. The highest BCUT2D eigenvalue weighted by Gasteiger charge is 2.11. The van der Waals surface area contributed by atoms with Crippen molar-refractivity contribution in [1.29, 1.82) is 0 Å². The quantitative estimate of drug-likeness (QED) is 0.781. The molecule has 0 aliphatic heterocycles. The van der Waals surface area contributed by atoms with Gasteiger partial charge in [-0.25, -0.2) is 4.68 Å². The van der Waals surface area contributed by atoms with E-state index < -0.39 is 0 Å². The van der Waals surface area contributed by atoms with Gasteiger partial charge in [0.05, 0.1) is 18.8 Å². The van der Waals surface area contributed by atoms with Crippen LogP contribution in [0.15, 0.2) is 29.2 Å². The topological polar surface area (TPSA) is 63.2 Å². The minimum Gasteiger partial charge on any atom is -0.497 e. The first kappa shape index (κ1) is 14.6. The van der Waals surface area contributed by atoms with Crippen LogP contribution in [0.2, 0.25) is 0 Å². The molecule has 1 aromatic carbocycles. The summed E-state index contributed by atoms with van der Waals surface area (Å²) in [5.74, 6) is 0.762. The highest BCUT2D eigenvalue weighted by atomic mass is 16.5.